The van der Waals surface area contributed by atoms with E-state index in [-0.39, 0.29) is 35.9 Å². The van der Waals surface area contributed by atoms with Crippen molar-refractivity contribution in [3.8, 4) is 0 Å². The first-order valence-electron chi connectivity index (χ1n) is 9.12. The van der Waals surface area contributed by atoms with E-state index in [2.05, 4.69) is 5.32 Å². The third-order valence-corrected chi connectivity index (χ3v) is 5.13. The van der Waals surface area contributed by atoms with Crippen molar-refractivity contribution in [2.45, 2.75) is 57.5 Å². The van der Waals surface area contributed by atoms with Gasteiger partial charge in [0, 0.05) is 31.6 Å². The van der Waals surface area contributed by atoms with Gasteiger partial charge in [0.2, 0.25) is 11.8 Å². The number of hydrogen-bond acceptors (Lipinski definition) is 4. The molecular formula is C17H27N3O4. The molecule has 1 atom stereocenters. The summed E-state index contributed by atoms with van der Waals surface area (Å²) in [5.74, 6) is 0.284. The second-order valence-electron chi connectivity index (χ2n) is 6.93. The van der Waals surface area contributed by atoms with Crippen LogP contribution >= 0.6 is 0 Å². The van der Waals surface area contributed by atoms with Gasteiger partial charge in [0.25, 0.3) is 0 Å². The van der Waals surface area contributed by atoms with Crippen molar-refractivity contribution in [1.29, 1.82) is 0 Å². The van der Waals surface area contributed by atoms with Gasteiger partial charge in [-0.25, -0.2) is 4.79 Å². The first-order chi connectivity index (χ1) is 11.6. The Morgan fingerprint density at radius 1 is 1.04 bits per heavy atom. The van der Waals surface area contributed by atoms with Crippen LogP contribution in [0.1, 0.15) is 45.4 Å². The molecule has 0 radical (unpaired) electrons. The molecule has 134 valence electrons. The fourth-order valence-electron chi connectivity index (χ4n) is 3.59. The van der Waals surface area contributed by atoms with Crippen molar-refractivity contribution < 1.29 is 19.1 Å². The molecule has 0 aromatic heterocycles. The lowest BCUT2D eigenvalue weighted by molar-refractivity contribution is -0.139. The number of carbonyl (C=O) groups excluding carboxylic acids is 3. The molecule has 1 saturated carbocycles. The van der Waals surface area contributed by atoms with Crippen molar-refractivity contribution in [3.05, 3.63) is 0 Å². The summed E-state index contributed by atoms with van der Waals surface area (Å²) in [6.45, 7) is 4.07. The molecule has 0 aromatic rings. The topological polar surface area (TPSA) is 79.0 Å². The maximum absolute atomic E-state index is 12.6. The Labute approximate surface area is 142 Å². The van der Waals surface area contributed by atoms with E-state index in [4.69, 9.17) is 4.74 Å². The van der Waals surface area contributed by atoms with E-state index in [1.807, 2.05) is 0 Å². The molecule has 7 heteroatoms. The summed E-state index contributed by atoms with van der Waals surface area (Å²) < 4.78 is 5.00. The molecule has 2 aliphatic heterocycles. The lowest BCUT2D eigenvalue weighted by atomic mass is 10.0. The Hall–Kier alpha value is -1.79. The molecule has 0 bridgehead atoms. The van der Waals surface area contributed by atoms with E-state index in [0.29, 0.717) is 26.2 Å². The van der Waals surface area contributed by atoms with E-state index < -0.39 is 0 Å². The molecule has 1 aliphatic carbocycles. The zero-order valence-corrected chi connectivity index (χ0v) is 14.3. The Kier molecular flexibility index (Phi) is 5.26. The van der Waals surface area contributed by atoms with E-state index in [1.54, 1.807) is 16.7 Å². The van der Waals surface area contributed by atoms with Crippen molar-refractivity contribution in [2.75, 3.05) is 26.2 Å². The van der Waals surface area contributed by atoms with Crippen molar-refractivity contribution in [3.63, 3.8) is 0 Å². The summed E-state index contributed by atoms with van der Waals surface area (Å²) in [4.78, 5) is 40.0. The summed E-state index contributed by atoms with van der Waals surface area (Å²) in [5, 5.41) is 3.08. The Balaban J connectivity index is 1.47. The van der Waals surface area contributed by atoms with Gasteiger partial charge in [-0.2, -0.15) is 0 Å². The van der Waals surface area contributed by atoms with Crippen LogP contribution in [-0.4, -0.2) is 66.0 Å². The molecule has 0 unspecified atom stereocenters. The van der Waals surface area contributed by atoms with Crippen LogP contribution in [0.2, 0.25) is 0 Å². The number of piperidine rings is 1. The molecule has 7 nitrogen and oxygen atoms in total. The number of amides is 3. The molecule has 2 heterocycles. The third kappa shape index (κ3) is 3.82. The van der Waals surface area contributed by atoms with Crippen LogP contribution in [0.5, 0.6) is 0 Å². The SMILES string of the molecule is CCOC(=O)N1CCC(NC(=O)[C@@H]2CCCN2C(=O)C2CC2)CC1. The number of likely N-dealkylation sites (tertiary alicyclic amines) is 2. The average molecular weight is 337 g/mol. The van der Waals surface area contributed by atoms with E-state index in [1.165, 1.54) is 0 Å². The molecule has 1 N–H and O–H groups in total. The smallest absolute Gasteiger partial charge is 0.409 e. The minimum Gasteiger partial charge on any atom is -0.450 e. The van der Waals surface area contributed by atoms with Gasteiger partial charge >= 0.3 is 6.09 Å². The normalized spacial score (nSPS) is 24.8. The molecule has 3 fully saturated rings. The number of carbonyl (C=O) groups is 3. The van der Waals surface area contributed by atoms with Gasteiger partial charge in [-0.1, -0.05) is 0 Å². The summed E-state index contributed by atoms with van der Waals surface area (Å²) in [6.07, 6.45) is 4.77. The molecule has 24 heavy (non-hydrogen) atoms. The molecule has 3 aliphatic rings. The molecule has 3 rings (SSSR count). The van der Waals surface area contributed by atoms with E-state index in [9.17, 15) is 14.4 Å². The fourth-order valence-corrected chi connectivity index (χ4v) is 3.59. The Bertz CT molecular complexity index is 498. The first kappa shape index (κ1) is 17.0. The van der Waals surface area contributed by atoms with Gasteiger partial charge in [0.15, 0.2) is 0 Å². The van der Waals surface area contributed by atoms with Gasteiger partial charge < -0.3 is 19.9 Å². The molecule has 0 aromatic carbocycles. The van der Waals surface area contributed by atoms with E-state index in [0.717, 1.165) is 38.5 Å². The summed E-state index contributed by atoms with van der Waals surface area (Å²) in [7, 11) is 0. The van der Waals surface area contributed by atoms with Crippen molar-refractivity contribution in [2.24, 2.45) is 5.92 Å². The minimum absolute atomic E-state index is 0.0314. The van der Waals surface area contributed by atoms with Crippen molar-refractivity contribution in [1.82, 2.24) is 15.1 Å². The molecule has 2 saturated heterocycles. The number of hydrogen-bond donors (Lipinski definition) is 1. The highest BCUT2D eigenvalue weighted by atomic mass is 16.6. The van der Waals surface area contributed by atoms with Crippen LogP contribution in [0.25, 0.3) is 0 Å². The minimum atomic E-state index is -0.304. The number of ether oxygens (including phenoxy) is 1. The maximum Gasteiger partial charge on any atom is 0.409 e. The average Bonchev–Trinajstić information content (AvgIpc) is 3.31. The predicted molar refractivity (Wildman–Crippen MR) is 87.2 cm³/mol. The van der Waals surface area contributed by atoms with Gasteiger partial charge in [-0.3, -0.25) is 9.59 Å². The van der Waals surface area contributed by atoms with Gasteiger partial charge in [0.1, 0.15) is 6.04 Å². The highest BCUT2D eigenvalue weighted by Gasteiger charge is 2.41. The highest BCUT2D eigenvalue weighted by Crippen LogP contribution is 2.33. The van der Waals surface area contributed by atoms with Crippen molar-refractivity contribution >= 4 is 17.9 Å². The lowest BCUT2D eigenvalue weighted by Gasteiger charge is -2.33. The van der Waals surface area contributed by atoms with Crippen LogP contribution in [0.15, 0.2) is 0 Å². The fraction of sp³-hybridized carbons (Fsp3) is 0.824. The number of rotatable bonds is 4. The number of nitrogens with one attached hydrogen (secondary N) is 1. The lowest BCUT2D eigenvalue weighted by Crippen LogP contribution is -2.52. The monoisotopic (exact) mass is 337 g/mol. The Morgan fingerprint density at radius 3 is 2.38 bits per heavy atom. The second-order valence-corrected chi connectivity index (χ2v) is 6.93. The molecule has 0 spiro atoms. The zero-order valence-electron chi connectivity index (χ0n) is 14.3. The first-order valence-corrected chi connectivity index (χ1v) is 9.12. The molecular weight excluding hydrogens is 310 g/mol. The molecule has 3 amide bonds. The maximum atomic E-state index is 12.6. The third-order valence-electron chi connectivity index (χ3n) is 5.13. The summed E-state index contributed by atoms with van der Waals surface area (Å²) in [6, 6.07) is -0.233. The van der Waals surface area contributed by atoms with Crippen LogP contribution in [0, 0.1) is 5.92 Å². The van der Waals surface area contributed by atoms with Gasteiger partial charge in [0.05, 0.1) is 6.61 Å². The summed E-state index contributed by atoms with van der Waals surface area (Å²) in [5.41, 5.74) is 0. The second kappa shape index (κ2) is 7.40. The van der Waals surface area contributed by atoms with Crippen LogP contribution in [0.3, 0.4) is 0 Å². The largest absolute Gasteiger partial charge is 0.450 e. The highest BCUT2D eigenvalue weighted by molar-refractivity contribution is 5.90. The van der Waals surface area contributed by atoms with Crippen LogP contribution in [-0.2, 0) is 14.3 Å². The van der Waals surface area contributed by atoms with Crippen LogP contribution < -0.4 is 5.32 Å². The van der Waals surface area contributed by atoms with Crippen LogP contribution in [0.4, 0.5) is 4.79 Å². The zero-order chi connectivity index (χ0) is 17.1. The Morgan fingerprint density at radius 2 is 1.75 bits per heavy atom. The van der Waals surface area contributed by atoms with Gasteiger partial charge in [-0.05, 0) is 45.4 Å². The quantitative estimate of drug-likeness (QED) is 0.834. The number of nitrogens with zero attached hydrogens (tertiary/aromatic N) is 2. The summed E-state index contributed by atoms with van der Waals surface area (Å²) >= 11 is 0. The standard InChI is InChI=1S/C17H27N3O4/c1-2-24-17(23)19-10-7-13(8-11-19)18-15(21)14-4-3-9-20(14)16(22)12-5-6-12/h12-14H,2-11H2,1H3,(H,18,21)/t14-/m0/s1. The van der Waals surface area contributed by atoms with Gasteiger partial charge in [-0.15, -0.1) is 0 Å². The predicted octanol–water partition coefficient (Wildman–Crippen LogP) is 1.12. The van der Waals surface area contributed by atoms with E-state index >= 15 is 0 Å².